The molecule has 1 aromatic heterocycles. The van der Waals surface area contributed by atoms with Crippen LogP contribution in [0.3, 0.4) is 0 Å². The van der Waals surface area contributed by atoms with E-state index < -0.39 is 12.0 Å². The van der Waals surface area contributed by atoms with Gasteiger partial charge in [-0.1, -0.05) is 41.7 Å². The summed E-state index contributed by atoms with van der Waals surface area (Å²) < 4.78 is 13.8. The predicted molar refractivity (Wildman–Crippen MR) is 149 cm³/mol. The highest BCUT2D eigenvalue weighted by Crippen LogP contribution is 2.32. The van der Waals surface area contributed by atoms with Crippen LogP contribution in [-0.2, 0) is 9.53 Å². The number of benzene rings is 2. The lowest BCUT2D eigenvalue weighted by Crippen LogP contribution is -2.40. The minimum atomic E-state index is -0.629. The van der Waals surface area contributed by atoms with E-state index in [9.17, 15) is 9.59 Å². The standard InChI is InChI=1S/C29H28N2O4S2/c1-16(2)34-28(33)25-17(3)30-29-31(26(25)19-10-12-22(36-5)13-11-19)27(32)24(37-29)15-21-14-20-8-6-7-9-23(20)35-18(21)4/h6-16,18,26H,1-5H3. The van der Waals surface area contributed by atoms with Crippen LogP contribution < -0.4 is 19.6 Å². The summed E-state index contributed by atoms with van der Waals surface area (Å²) >= 11 is 2.95. The zero-order valence-corrected chi connectivity index (χ0v) is 23.0. The third-order valence-corrected chi connectivity index (χ3v) is 8.05. The highest BCUT2D eigenvalue weighted by molar-refractivity contribution is 7.98. The van der Waals surface area contributed by atoms with E-state index in [4.69, 9.17) is 9.47 Å². The van der Waals surface area contributed by atoms with Crippen molar-refractivity contribution < 1.29 is 14.3 Å². The van der Waals surface area contributed by atoms with Gasteiger partial charge < -0.3 is 9.47 Å². The third kappa shape index (κ3) is 4.83. The van der Waals surface area contributed by atoms with E-state index in [1.807, 2.05) is 81.6 Å². The van der Waals surface area contributed by atoms with Gasteiger partial charge in [-0.15, -0.1) is 11.8 Å². The Hall–Kier alpha value is -3.36. The lowest BCUT2D eigenvalue weighted by Gasteiger charge is -2.25. The first-order valence-corrected chi connectivity index (χ1v) is 14.2. The highest BCUT2D eigenvalue weighted by atomic mass is 32.2. The van der Waals surface area contributed by atoms with Crippen LogP contribution in [0.2, 0.25) is 0 Å². The molecule has 0 spiro atoms. The molecule has 0 amide bonds. The van der Waals surface area contributed by atoms with E-state index >= 15 is 0 Å². The van der Waals surface area contributed by atoms with Crippen molar-refractivity contribution >= 4 is 41.2 Å². The monoisotopic (exact) mass is 532 g/mol. The van der Waals surface area contributed by atoms with Crippen LogP contribution in [0.25, 0.3) is 12.2 Å². The highest BCUT2D eigenvalue weighted by Gasteiger charge is 2.34. The summed E-state index contributed by atoms with van der Waals surface area (Å²) in [7, 11) is 0. The quantitative estimate of drug-likeness (QED) is 0.351. The first kappa shape index (κ1) is 25.3. The minimum absolute atomic E-state index is 0.197. The van der Waals surface area contributed by atoms with Crippen molar-refractivity contribution in [2.75, 3.05) is 6.26 Å². The zero-order valence-electron chi connectivity index (χ0n) is 21.3. The lowest BCUT2D eigenvalue weighted by atomic mass is 9.96. The number of thioether (sulfide) groups is 1. The molecule has 2 aromatic carbocycles. The van der Waals surface area contributed by atoms with Crippen LogP contribution in [0.4, 0.5) is 0 Å². The van der Waals surface area contributed by atoms with E-state index in [0.29, 0.717) is 20.6 Å². The first-order valence-electron chi connectivity index (χ1n) is 12.1. The summed E-state index contributed by atoms with van der Waals surface area (Å²) in [5.74, 6) is 0.365. The normalized spacial score (nSPS) is 19.1. The second kappa shape index (κ2) is 10.2. The summed E-state index contributed by atoms with van der Waals surface area (Å²) in [6, 6.07) is 15.1. The molecule has 0 radical (unpaired) electrons. The van der Waals surface area contributed by atoms with Crippen LogP contribution in [0, 0.1) is 0 Å². The molecule has 37 heavy (non-hydrogen) atoms. The number of fused-ring (bicyclic) bond motifs is 2. The van der Waals surface area contributed by atoms with Crippen LogP contribution in [0.1, 0.15) is 44.9 Å². The molecule has 2 aliphatic heterocycles. The molecule has 2 unspecified atom stereocenters. The summed E-state index contributed by atoms with van der Waals surface area (Å²) in [5, 5.41) is 0. The number of para-hydroxylation sites is 1. The first-order chi connectivity index (χ1) is 17.8. The van der Waals surface area contributed by atoms with E-state index in [-0.39, 0.29) is 17.8 Å². The van der Waals surface area contributed by atoms with Crippen molar-refractivity contribution in [2.45, 2.75) is 50.8 Å². The lowest BCUT2D eigenvalue weighted by molar-refractivity contribution is -0.143. The molecule has 2 atom stereocenters. The van der Waals surface area contributed by atoms with Gasteiger partial charge in [-0.25, -0.2) is 9.79 Å². The van der Waals surface area contributed by atoms with Crippen molar-refractivity contribution in [1.29, 1.82) is 0 Å². The second-order valence-electron chi connectivity index (χ2n) is 9.25. The fourth-order valence-electron chi connectivity index (χ4n) is 4.53. The molecule has 8 heteroatoms. The molecule has 5 rings (SSSR count). The number of allylic oxidation sites excluding steroid dienone is 1. The van der Waals surface area contributed by atoms with Crippen molar-refractivity contribution in [1.82, 2.24) is 4.57 Å². The van der Waals surface area contributed by atoms with E-state index in [1.165, 1.54) is 11.3 Å². The van der Waals surface area contributed by atoms with Gasteiger partial charge in [0.15, 0.2) is 4.80 Å². The fraction of sp³-hybridized carbons (Fsp3) is 0.276. The Labute approximate surface area is 223 Å². The van der Waals surface area contributed by atoms with Crippen LogP contribution in [-0.4, -0.2) is 29.0 Å². The Morgan fingerprint density at radius 1 is 1.19 bits per heavy atom. The summed E-state index contributed by atoms with van der Waals surface area (Å²) in [6.07, 6.45) is 5.44. The van der Waals surface area contributed by atoms with E-state index in [2.05, 4.69) is 11.1 Å². The number of hydrogen-bond donors (Lipinski definition) is 0. The Balaban J connectivity index is 1.68. The minimum Gasteiger partial charge on any atom is -0.485 e. The number of thiazole rings is 1. The second-order valence-corrected chi connectivity index (χ2v) is 11.1. The Morgan fingerprint density at radius 3 is 2.62 bits per heavy atom. The number of nitrogens with zero attached hydrogens (tertiary/aromatic N) is 2. The van der Waals surface area contributed by atoms with Gasteiger partial charge in [-0.3, -0.25) is 9.36 Å². The average molecular weight is 533 g/mol. The van der Waals surface area contributed by atoms with Crippen LogP contribution >= 0.6 is 23.1 Å². The Morgan fingerprint density at radius 2 is 1.92 bits per heavy atom. The number of aromatic nitrogens is 1. The maximum absolute atomic E-state index is 13.9. The summed E-state index contributed by atoms with van der Waals surface area (Å²) in [5.41, 5.74) is 3.45. The van der Waals surface area contributed by atoms with Gasteiger partial charge in [0.05, 0.1) is 27.9 Å². The third-order valence-electron chi connectivity index (χ3n) is 6.33. The Kier molecular flexibility index (Phi) is 6.96. The molecule has 6 nitrogen and oxygen atoms in total. The molecule has 2 aliphatic rings. The van der Waals surface area contributed by atoms with Gasteiger partial charge in [0.25, 0.3) is 5.56 Å². The number of rotatable bonds is 5. The van der Waals surface area contributed by atoms with Crippen molar-refractivity contribution in [3.63, 3.8) is 0 Å². The van der Waals surface area contributed by atoms with Gasteiger partial charge in [0, 0.05) is 10.5 Å². The number of esters is 1. The predicted octanol–water partition coefficient (Wildman–Crippen LogP) is 4.72. The van der Waals surface area contributed by atoms with Crippen LogP contribution in [0.5, 0.6) is 5.75 Å². The van der Waals surface area contributed by atoms with Gasteiger partial charge in [-0.05, 0) is 75.4 Å². The van der Waals surface area contributed by atoms with Gasteiger partial charge in [0.2, 0.25) is 0 Å². The van der Waals surface area contributed by atoms with Crippen molar-refractivity contribution in [3.05, 3.63) is 96.2 Å². The molecule has 0 bridgehead atoms. The van der Waals surface area contributed by atoms with E-state index in [1.54, 1.807) is 23.3 Å². The molecule has 0 saturated heterocycles. The van der Waals surface area contributed by atoms with Crippen molar-refractivity contribution in [2.24, 2.45) is 4.99 Å². The maximum atomic E-state index is 13.9. The number of ether oxygens (including phenoxy) is 2. The molecule has 0 saturated carbocycles. The SMILES string of the molecule is CSc1ccc(C2C(C(=O)OC(C)C)=C(C)N=c3sc(=CC4=Cc5ccccc5OC4C)c(=O)n32)cc1. The number of carbonyl (C=O) groups excluding carboxylic acids is 1. The maximum Gasteiger partial charge on any atom is 0.338 e. The smallest absolute Gasteiger partial charge is 0.338 e. The molecule has 0 N–H and O–H groups in total. The molecule has 190 valence electrons. The van der Waals surface area contributed by atoms with Gasteiger partial charge in [0.1, 0.15) is 11.9 Å². The molecule has 3 aromatic rings. The molecule has 0 fully saturated rings. The molecule has 3 heterocycles. The van der Waals surface area contributed by atoms with Gasteiger partial charge in [-0.2, -0.15) is 0 Å². The Bertz CT molecular complexity index is 1610. The van der Waals surface area contributed by atoms with Crippen LogP contribution in [0.15, 0.2) is 80.1 Å². The average Bonchev–Trinajstić information content (AvgIpc) is 3.17. The molecule has 0 aliphatic carbocycles. The van der Waals surface area contributed by atoms with Gasteiger partial charge >= 0.3 is 5.97 Å². The fourth-order valence-corrected chi connectivity index (χ4v) is 5.99. The summed E-state index contributed by atoms with van der Waals surface area (Å²) in [6.45, 7) is 7.39. The largest absolute Gasteiger partial charge is 0.485 e. The summed E-state index contributed by atoms with van der Waals surface area (Å²) in [4.78, 5) is 33.5. The topological polar surface area (TPSA) is 69.9 Å². The number of carbonyl (C=O) groups is 1. The van der Waals surface area contributed by atoms with Crippen molar-refractivity contribution in [3.8, 4) is 5.75 Å². The zero-order chi connectivity index (χ0) is 26.3. The molecular weight excluding hydrogens is 504 g/mol. The molecular formula is C29H28N2O4S2. The number of hydrogen-bond acceptors (Lipinski definition) is 7. The van der Waals surface area contributed by atoms with E-state index in [0.717, 1.165) is 27.3 Å².